The number of aromatic nitrogens is 5. The minimum Gasteiger partial charge on any atom is -0.378 e. The topological polar surface area (TPSA) is 79.8 Å². The van der Waals surface area contributed by atoms with Crippen molar-refractivity contribution in [3.8, 4) is 11.4 Å². The zero-order chi connectivity index (χ0) is 21.3. The van der Waals surface area contributed by atoms with Gasteiger partial charge in [-0.2, -0.15) is 13.2 Å². The zero-order valence-corrected chi connectivity index (χ0v) is 17.3. The van der Waals surface area contributed by atoms with Crippen LogP contribution in [0.3, 0.4) is 0 Å². The molecule has 158 valence electrons. The molecule has 7 nitrogen and oxygen atoms in total. The lowest BCUT2D eigenvalue weighted by Crippen LogP contribution is -2.37. The largest absolute Gasteiger partial charge is 0.416 e. The smallest absolute Gasteiger partial charge is 0.378 e. The standard InChI is InChI=1S/C18H16ClF3N6OS/c1-10-6-11(8-12(7-10)18(20,21)22)15-25-17(27-26-15)30-14-9-13(19)23-16(24-14)28-2-4-29-5-3-28/h6-9H,2-5H2,1H3,(H,25,26,27). The maximum absolute atomic E-state index is 13.1. The van der Waals surface area contributed by atoms with Crippen molar-refractivity contribution in [2.45, 2.75) is 23.3 Å². The van der Waals surface area contributed by atoms with Crippen LogP contribution in [-0.4, -0.2) is 51.5 Å². The molecule has 1 aliphatic rings. The van der Waals surface area contributed by atoms with Gasteiger partial charge in [-0.25, -0.2) is 9.97 Å². The normalized spacial score (nSPS) is 14.9. The second-order valence-electron chi connectivity index (χ2n) is 6.59. The fourth-order valence-corrected chi connectivity index (χ4v) is 3.92. The summed E-state index contributed by atoms with van der Waals surface area (Å²) in [6.07, 6.45) is -4.44. The molecule has 0 spiro atoms. The number of hydrogen-bond acceptors (Lipinski definition) is 7. The van der Waals surface area contributed by atoms with Crippen molar-refractivity contribution in [2.24, 2.45) is 0 Å². The van der Waals surface area contributed by atoms with E-state index in [2.05, 4.69) is 25.1 Å². The Morgan fingerprint density at radius 3 is 2.60 bits per heavy atom. The molecule has 0 bridgehead atoms. The van der Waals surface area contributed by atoms with Crippen molar-refractivity contribution in [3.63, 3.8) is 0 Å². The Morgan fingerprint density at radius 2 is 1.87 bits per heavy atom. The first-order valence-corrected chi connectivity index (χ1v) is 10.1. The Bertz CT molecular complexity index is 1050. The van der Waals surface area contributed by atoms with E-state index in [0.717, 1.165) is 23.9 Å². The van der Waals surface area contributed by atoms with Crippen LogP contribution in [0.15, 0.2) is 34.4 Å². The summed E-state index contributed by atoms with van der Waals surface area (Å²) in [6, 6.07) is 5.33. The molecule has 1 fully saturated rings. The number of H-pyrrole nitrogens is 1. The monoisotopic (exact) mass is 456 g/mol. The maximum atomic E-state index is 13.1. The summed E-state index contributed by atoms with van der Waals surface area (Å²) in [5.41, 5.74) is 0.0420. The van der Waals surface area contributed by atoms with Crippen molar-refractivity contribution < 1.29 is 17.9 Å². The molecule has 1 aliphatic heterocycles. The minimum atomic E-state index is -4.44. The van der Waals surface area contributed by atoms with Crippen LogP contribution in [0.2, 0.25) is 5.15 Å². The number of aryl methyl sites for hydroxylation is 1. The van der Waals surface area contributed by atoms with Gasteiger partial charge in [-0.3, -0.25) is 0 Å². The van der Waals surface area contributed by atoms with Crippen molar-refractivity contribution in [1.82, 2.24) is 25.1 Å². The maximum Gasteiger partial charge on any atom is 0.416 e. The van der Waals surface area contributed by atoms with Crippen molar-refractivity contribution in [3.05, 3.63) is 40.5 Å². The Kier molecular flexibility index (Phi) is 5.85. The molecule has 1 aromatic carbocycles. The summed E-state index contributed by atoms with van der Waals surface area (Å²) in [6.45, 7) is 4.08. The number of rotatable bonds is 4. The SMILES string of the molecule is Cc1cc(-c2nnc(Sc3cc(Cl)nc(N4CCOCC4)n3)[nH]2)cc(C(F)(F)F)c1. The second kappa shape index (κ2) is 8.40. The van der Waals surface area contributed by atoms with E-state index >= 15 is 0 Å². The molecule has 3 heterocycles. The van der Waals surface area contributed by atoms with E-state index in [-0.39, 0.29) is 11.0 Å². The minimum absolute atomic E-state index is 0.236. The fraction of sp³-hybridized carbons (Fsp3) is 0.333. The van der Waals surface area contributed by atoms with Crippen LogP contribution in [0.25, 0.3) is 11.4 Å². The van der Waals surface area contributed by atoms with Gasteiger partial charge in [0.15, 0.2) is 11.0 Å². The second-order valence-corrected chi connectivity index (χ2v) is 7.99. The predicted octanol–water partition coefficient (Wildman–Crippen LogP) is 4.23. The summed E-state index contributed by atoms with van der Waals surface area (Å²) in [5.74, 6) is 0.724. The number of alkyl halides is 3. The molecule has 0 atom stereocenters. The van der Waals surface area contributed by atoms with Crippen LogP contribution in [0, 0.1) is 6.92 Å². The molecule has 2 aromatic heterocycles. The van der Waals surface area contributed by atoms with Crippen LogP contribution in [0.1, 0.15) is 11.1 Å². The number of nitrogens with zero attached hydrogens (tertiary/aromatic N) is 5. The number of halogens is 4. The number of aromatic amines is 1. The molecule has 30 heavy (non-hydrogen) atoms. The van der Waals surface area contributed by atoms with E-state index < -0.39 is 11.7 Å². The lowest BCUT2D eigenvalue weighted by molar-refractivity contribution is -0.137. The highest BCUT2D eigenvalue weighted by molar-refractivity contribution is 7.99. The third-order valence-electron chi connectivity index (χ3n) is 4.30. The van der Waals surface area contributed by atoms with Crippen LogP contribution >= 0.6 is 23.4 Å². The quantitative estimate of drug-likeness (QED) is 0.588. The third-order valence-corrected chi connectivity index (χ3v) is 5.29. The van der Waals surface area contributed by atoms with Crippen LogP contribution in [0.5, 0.6) is 0 Å². The van der Waals surface area contributed by atoms with E-state index in [1.54, 1.807) is 19.1 Å². The van der Waals surface area contributed by atoms with Gasteiger partial charge in [0.1, 0.15) is 10.2 Å². The summed E-state index contributed by atoms with van der Waals surface area (Å²) < 4.78 is 44.6. The molecule has 4 rings (SSSR count). The molecule has 1 N–H and O–H groups in total. The van der Waals surface area contributed by atoms with E-state index in [1.807, 2.05) is 4.90 Å². The van der Waals surface area contributed by atoms with Gasteiger partial charge < -0.3 is 14.6 Å². The highest BCUT2D eigenvalue weighted by Crippen LogP contribution is 2.33. The van der Waals surface area contributed by atoms with Crippen LogP contribution < -0.4 is 4.90 Å². The first-order chi connectivity index (χ1) is 14.3. The van der Waals surface area contributed by atoms with Crippen molar-refractivity contribution >= 4 is 29.3 Å². The first kappa shape index (κ1) is 20.9. The number of ether oxygens (including phenoxy) is 1. The summed E-state index contributed by atoms with van der Waals surface area (Å²) in [4.78, 5) is 13.7. The molecule has 12 heteroatoms. The number of anilines is 1. The molecule has 0 saturated carbocycles. The van der Waals surface area contributed by atoms with E-state index in [1.165, 1.54) is 0 Å². The summed E-state index contributed by atoms with van der Waals surface area (Å²) in [7, 11) is 0. The Morgan fingerprint density at radius 1 is 1.10 bits per heavy atom. The highest BCUT2D eigenvalue weighted by Gasteiger charge is 2.31. The number of morpholine rings is 1. The molecule has 0 amide bonds. The zero-order valence-electron chi connectivity index (χ0n) is 15.7. The van der Waals surface area contributed by atoms with Crippen molar-refractivity contribution in [2.75, 3.05) is 31.2 Å². The van der Waals surface area contributed by atoms with E-state index in [4.69, 9.17) is 16.3 Å². The molecule has 0 aliphatic carbocycles. The van der Waals surface area contributed by atoms with Gasteiger partial charge in [0.25, 0.3) is 0 Å². The van der Waals surface area contributed by atoms with Gasteiger partial charge in [0.2, 0.25) is 5.95 Å². The van der Waals surface area contributed by atoms with Gasteiger partial charge in [-0.15, -0.1) is 10.2 Å². The lowest BCUT2D eigenvalue weighted by Gasteiger charge is -2.26. The van der Waals surface area contributed by atoms with Gasteiger partial charge in [-0.05, 0) is 42.4 Å². The Labute approximate surface area is 179 Å². The number of hydrogen-bond donors (Lipinski definition) is 1. The molecular formula is C18H16ClF3N6OS. The number of benzene rings is 1. The fourth-order valence-electron chi connectivity index (χ4n) is 2.95. The van der Waals surface area contributed by atoms with Gasteiger partial charge in [-0.1, -0.05) is 11.6 Å². The number of nitrogens with one attached hydrogen (secondary N) is 1. The van der Waals surface area contributed by atoms with E-state index in [0.29, 0.717) is 53.6 Å². The average molecular weight is 457 g/mol. The van der Waals surface area contributed by atoms with E-state index in [9.17, 15) is 13.2 Å². The molecular weight excluding hydrogens is 441 g/mol. The Hall–Kier alpha value is -2.37. The van der Waals surface area contributed by atoms with Crippen LogP contribution in [-0.2, 0) is 10.9 Å². The van der Waals surface area contributed by atoms with Gasteiger partial charge in [0, 0.05) is 24.7 Å². The summed E-state index contributed by atoms with van der Waals surface area (Å²) in [5, 5.41) is 9.20. The highest BCUT2D eigenvalue weighted by atomic mass is 35.5. The van der Waals surface area contributed by atoms with Gasteiger partial charge in [0.05, 0.1) is 18.8 Å². The van der Waals surface area contributed by atoms with Gasteiger partial charge >= 0.3 is 6.18 Å². The summed E-state index contributed by atoms with van der Waals surface area (Å²) >= 11 is 7.30. The third kappa shape index (κ3) is 4.85. The molecule has 1 saturated heterocycles. The Balaban J connectivity index is 1.57. The lowest BCUT2D eigenvalue weighted by atomic mass is 10.1. The first-order valence-electron chi connectivity index (χ1n) is 8.95. The predicted molar refractivity (Wildman–Crippen MR) is 106 cm³/mol. The average Bonchev–Trinajstić information content (AvgIpc) is 3.15. The molecule has 0 unspecified atom stereocenters. The molecule has 3 aromatic rings. The molecule has 0 radical (unpaired) electrons. The van der Waals surface area contributed by atoms with Crippen molar-refractivity contribution in [1.29, 1.82) is 0 Å². The van der Waals surface area contributed by atoms with Crippen LogP contribution in [0.4, 0.5) is 19.1 Å².